The number of nitrogens with zero attached hydrogens (tertiary/aromatic N) is 3. The lowest BCUT2D eigenvalue weighted by molar-refractivity contribution is -0.124. The fraction of sp³-hybridized carbons (Fsp3) is 0.400. The fourth-order valence-corrected chi connectivity index (χ4v) is 2.64. The van der Waals surface area contributed by atoms with Crippen molar-refractivity contribution in [2.24, 2.45) is 0 Å². The van der Waals surface area contributed by atoms with Crippen LogP contribution in [0, 0.1) is 0 Å². The molecule has 6 nitrogen and oxygen atoms in total. The highest BCUT2D eigenvalue weighted by molar-refractivity contribution is 5.76. The van der Waals surface area contributed by atoms with Crippen molar-refractivity contribution in [1.29, 1.82) is 0 Å². The minimum Gasteiger partial charge on any atom is -0.391 e. The third kappa shape index (κ3) is 3.11. The highest BCUT2D eigenvalue weighted by atomic mass is 16.3. The molecule has 3 atom stereocenters. The number of carbonyl (C=O) groups excluding carboxylic acids is 1. The molecule has 2 heterocycles. The molecule has 110 valence electrons. The average Bonchev–Trinajstić information content (AvgIpc) is 2.99. The van der Waals surface area contributed by atoms with Gasteiger partial charge in [-0.1, -0.05) is 6.07 Å². The van der Waals surface area contributed by atoms with E-state index < -0.39 is 6.10 Å². The number of nitrogens with one attached hydrogen (secondary N) is 1. The largest absolute Gasteiger partial charge is 0.391 e. The van der Waals surface area contributed by atoms with Crippen molar-refractivity contribution in [3.05, 3.63) is 48.5 Å². The van der Waals surface area contributed by atoms with E-state index in [1.807, 2.05) is 24.3 Å². The van der Waals surface area contributed by atoms with Crippen LogP contribution < -0.4 is 5.32 Å². The molecule has 1 aliphatic carbocycles. The third-order valence-corrected chi connectivity index (χ3v) is 3.81. The summed E-state index contributed by atoms with van der Waals surface area (Å²) in [6, 6.07) is 7.26. The molecule has 0 aromatic carbocycles. The van der Waals surface area contributed by atoms with E-state index in [1.54, 1.807) is 23.3 Å². The molecule has 2 aromatic heterocycles. The lowest BCUT2D eigenvalue weighted by atomic mass is 9.83. The second-order valence-electron chi connectivity index (χ2n) is 5.27. The monoisotopic (exact) mass is 286 g/mol. The van der Waals surface area contributed by atoms with Crippen LogP contribution in [0.1, 0.15) is 24.6 Å². The molecular weight excluding hydrogens is 268 g/mol. The van der Waals surface area contributed by atoms with Gasteiger partial charge in [0.1, 0.15) is 0 Å². The zero-order chi connectivity index (χ0) is 14.7. The van der Waals surface area contributed by atoms with Gasteiger partial charge in [-0.05, 0) is 31.0 Å². The molecule has 3 rings (SSSR count). The van der Waals surface area contributed by atoms with Gasteiger partial charge >= 0.3 is 0 Å². The van der Waals surface area contributed by atoms with Crippen LogP contribution in [0.5, 0.6) is 0 Å². The summed E-state index contributed by atoms with van der Waals surface area (Å²) in [6.07, 6.45) is 6.34. The first-order chi connectivity index (χ1) is 10.2. The van der Waals surface area contributed by atoms with Crippen LogP contribution in [0.25, 0.3) is 0 Å². The van der Waals surface area contributed by atoms with Crippen LogP contribution in [0.2, 0.25) is 0 Å². The van der Waals surface area contributed by atoms with E-state index in [1.165, 1.54) is 0 Å². The molecule has 21 heavy (non-hydrogen) atoms. The molecule has 2 aromatic rings. The Morgan fingerprint density at radius 2 is 2.29 bits per heavy atom. The summed E-state index contributed by atoms with van der Waals surface area (Å²) in [5, 5.41) is 17.0. The summed E-state index contributed by atoms with van der Waals surface area (Å²) < 4.78 is 1.71. The van der Waals surface area contributed by atoms with Crippen LogP contribution in [-0.2, 0) is 11.2 Å². The maximum absolute atomic E-state index is 12.0. The zero-order valence-corrected chi connectivity index (χ0v) is 11.6. The average molecular weight is 286 g/mol. The van der Waals surface area contributed by atoms with Gasteiger partial charge in [0.2, 0.25) is 5.91 Å². The number of carbonyl (C=O) groups is 1. The van der Waals surface area contributed by atoms with Gasteiger partial charge < -0.3 is 10.4 Å². The van der Waals surface area contributed by atoms with Gasteiger partial charge in [0, 0.05) is 30.7 Å². The lowest BCUT2D eigenvalue weighted by Crippen LogP contribution is -2.56. The molecule has 1 saturated carbocycles. The van der Waals surface area contributed by atoms with Crippen LogP contribution in [0.4, 0.5) is 0 Å². The van der Waals surface area contributed by atoms with Crippen molar-refractivity contribution >= 4 is 5.91 Å². The Balaban J connectivity index is 1.51. The van der Waals surface area contributed by atoms with E-state index in [2.05, 4.69) is 15.4 Å². The molecule has 1 amide bonds. The van der Waals surface area contributed by atoms with Crippen molar-refractivity contribution in [1.82, 2.24) is 20.1 Å². The Morgan fingerprint density at radius 3 is 2.95 bits per heavy atom. The molecule has 1 aliphatic rings. The Bertz CT molecular complexity index is 585. The maximum atomic E-state index is 12.0. The quantitative estimate of drug-likeness (QED) is 0.848. The van der Waals surface area contributed by atoms with Crippen molar-refractivity contribution in [3.63, 3.8) is 0 Å². The predicted octanol–water partition coefficient (Wildman–Crippen LogP) is 0.701. The topological polar surface area (TPSA) is 80.0 Å². The van der Waals surface area contributed by atoms with Crippen molar-refractivity contribution < 1.29 is 9.90 Å². The van der Waals surface area contributed by atoms with Crippen LogP contribution in [0.15, 0.2) is 42.9 Å². The Labute approximate surface area is 122 Å². The number of pyridine rings is 1. The summed E-state index contributed by atoms with van der Waals surface area (Å²) in [5.41, 5.74) is 0.907. The van der Waals surface area contributed by atoms with Gasteiger partial charge in [0.05, 0.1) is 18.2 Å². The van der Waals surface area contributed by atoms with Crippen molar-refractivity contribution in [2.45, 2.75) is 37.5 Å². The van der Waals surface area contributed by atoms with Gasteiger partial charge in [-0.3, -0.25) is 14.5 Å². The molecule has 1 fully saturated rings. The summed E-state index contributed by atoms with van der Waals surface area (Å²) >= 11 is 0. The second-order valence-corrected chi connectivity index (χ2v) is 5.27. The van der Waals surface area contributed by atoms with Gasteiger partial charge in [0.25, 0.3) is 0 Å². The molecule has 0 saturated heterocycles. The third-order valence-electron chi connectivity index (χ3n) is 3.81. The van der Waals surface area contributed by atoms with Gasteiger partial charge in [0.15, 0.2) is 0 Å². The summed E-state index contributed by atoms with van der Waals surface area (Å²) in [7, 11) is 0. The number of aromatic nitrogens is 3. The van der Waals surface area contributed by atoms with Gasteiger partial charge in [-0.15, -0.1) is 0 Å². The van der Waals surface area contributed by atoms with Gasteiger partial charge in [-0.25, -0.2) is 0 Å². The highest BCUT2D eigenvalue weighted by Crippen LogP contribution is 2.32. The highest BCUT2D eigenvalue weighted by Gasteiger charge is 2.42. The van der Waals surface area contributed by atoms with E-state index in [0.717, 1.165) is 5.69 Å². The standard InChI is InChI=1S/C15H18N4O2/c20-13-10-12(15(13)19-9-3-8-17-19)18-14(21)6-5-11-4-1-2-7-16-11/h1-4,7-9,12-13,15,20H,5-6,10H2,(H,18,21)/t12-,13+,15+/m0/s1. The molecule has 0 aliphatic heterocycles. The normalized spacial score (nSPS) is 24.3. The van der Waals surface area contributed by atoms with Gasteiger partial charge in [-0.2, -0.15) is 5.10 Å². The van der Waals surface area contributed by atoms with E-state index >= 15 is 0 Å². The molecule has 0 bridgehead atoms. The number of aryl methyl sites for hydroxylation is 1. The van der Waals surface area contributed by atoms with E-state index in [0.29, 0.717) is 19.3 Å². The predicted molar refractivity (Wildman–Crippen MR) is 76.4 cm³/mol. The fourth-order valence-electron chi connectivity index (χ4n) is 2.64. The summed E-state index contributed by atoms with van der Waals surface area (Å²) in [6.45, 7) is 0. The molecule has 2 N–H and O–H groups in total. The Kier molecular flexibility index (Phi) is 3.96. The molecule has 0 spiro atoms. The van der Waals surface area contributed by atoms with Crippen molar-refractivity contribution in [2.75, 3.05) is 0 Å². The maximum Gasteiger partial charge on any atom is 0.220 e. The zero-order valence-electron chi connectivity index (χ0n) is 11.6. The number of rotatable bonds is 5. The summed E-state index contributed by atoms with van der Waals surface area (Å²) in [5.74, 6) is -0.0188. The van der Waals surface area contributed by atoms with Crippen LogP contribution >= 0.6 is 0 Å². The first kappa shape index (κ1) is 13.8. The lowest BCUT2D eigenvalue weighted by Gasteiger charge is -2.41. The Hall–Kier alpha value is -2.21. The van der Waals surface area contributed by atoms with E-state index in [9.17, 15) is 9.90 Å². The number of hydrogen-bond acceptors (Lipinski definition) is 4. The number of amides is 1. The van der Waals surface area contributed by atoms with Crippen LogP contribution in [-0.4, -0.2) is 37.9 Å². The summed E-state index contributed by atoms with van der Waals surface area (Å²) in [4.78, 5) is 16.2. The van der Waals surface area contributed by atoms with E-state index in [4.69, 9.17) is 0 Å². The SMILES string of the molecule is O=C(CCc1ccccn1)N[C@H]1C[C@@H](O)[C@@H]1n1cccn1. The minimum atomic E-state index is -0.453. The first-order valence-electron chi connectivity index (χ1n) is 7.10. The van der Waals surface area contributed by atoms with Crippen molar-refractivity contribution in [3.8, 4) is 0 Å². The Morgan fingerprint density at radius 1 is 1.38 bits per heavy atom. The number of hydrogen-bond donors (Lipinski definition) is 2. The van der Waals surface area contributed by atoms with Crippen LogP contribution in [0.3, 0.4) is 0 Å². The molecule has 6 heteroatoms. The molecule has 0 radical (unpaired) electrons. The smallest absolute Gasteiger partial charge is 0.220 e. The minimum absolute atomic E-state index is 0.0188. The number of aliphatic hydroxyl groups is 1. The first-order valence-corrected chi connectivity index (χ1v) is 7.10. The second kappa shape index (κ2) is 6.05. The van der Waals surface area contributed by atoms with E-state index in [-0.39, 0.29) is 18.0 Å². The molecular formula is C15H18N4O2. The molecule has 0 unspecified atom stereocenters. The number of aliphatic hydroxyl groups excluding tert-OH is 1.